The van der Waals surface area contributed by atoms with Crippen LogP contribution in [-0.2, 0) is 25.9 Å². The van der Waals surface area contributed by atoms with Gasteiger partial charge in [-0.05, 0) is 24.1 Å². The minimum Gasteiger partial charge on any atom is -0.469 e. The van der Waals surface area contributed by atoms with Crippen molar-refractivity contribution in [2.75, 3.05) is 6.54 Å². The summed E-state index contributed by atoms with van der Waals surface area (Å²) in [6.07, 6.45) is 5.49. The molecule has 0 aliphatic heterocycles. The van der Waals surface area contributed by atoms with Gasteiger partial charge in [0.15, 0.2) is 5.96 Å². The van der Waals surface area contributed by atoms with Crippen LogP contribution in [-0.4, -0.2) is 17.5 Å². The summed E-state index contributed by atoms with van der Waals surface area (Å²) in [5, 5.41) is 7.83. The Morgan fingerprint density at radius 1 is 1.15 bits per heavy atom. The highest BCUT2D eigenvalue weighted by Gasteiger charge is 2.04. The standard InChI is InChI=1S/C20H24N4OS/c1-2-18-14-22-19(26-18)15-24-20(21-11-10-17-9-6-12-25-17)23-13-16-7-4-3-5-8-16/h3-9,12,14H,2,10-11,13,15H2,1H3,(H2,21,23,24). The lowest BCUT2D eigenvalue weighted by molar-refractivity contribution is 0.506. The second-order valence-corrected chi connectivity index (χ2v) is 7.03. The van der Waals surface area contributed by atoms with Crippen LogP contribution in [0.1, 0.15) is 28.1 Å². The van der Waals surface area contributed by atoms with Crippen LogP contribution < -0.4 is 10.6 Å². The Bertz CT molecular complexity index is 796. The van der Waals surface area contributed by atoms with Gasteiger partial charge in [-0.25, -0.2) is 9.98 Å². The van der Waals surface area contributed by atoms with Crippen LogP contribution in [0.2, 0.25) is 0 Å². The van der Waals surface area contributed by atoms with Crippen LogP contribution in [0, 0.1) is 0 Å². The van der Waals surface area contributed by atoms with Crippen LogP contribution in [0.25, 0.3) is 0 Å². The molecular formula is C20H24N4OS. The highest BCUT2D eigenvalue weighted by molar-refractivity contribution is 7.11. The van der Waals surface area contributed by atoms with Gasteiger partial charge >= 0.3 is 0 Å². The highest BCUT2D eigenvalue weighted by atomic mass is 32.1. The van der Waals surface area contributed by atoms with Gasteiger partial charge in [0.2, 0.25) is 0 Å². The molecule has 1 aromatic carbocycles. The number of aliphatic imine (C=N–C) groups is 1. The van der Waals surface area contributed by atoms with Crippen molar-refractivity contribution in [3.63, 3.8) is 0 Å². The van der Waals surface area contributed by atoms with Crippen molar-refractivity contribution in [2.45, 2.75) is 32.9 Å². The monoisotopic (exact) mass is 368 g/mol. The van der Waals surface area contributed by atoms with Gasteiger partial charge in [0.25, 0.3) is 0 Å². The van der Waals surface area contributed by atoms with E-state index in [1.54, 1.807) is 17.6 Å². The van der Waals surface area contributed by atoms with Gasteiger partial charge in [0.05, 0.1) is 19.4 Å². The van der Waals surface area contributed by atoms with Gasteiger partial charge in [-0.1, -0.05) is 37.3 Å². The number of furan rings is 1. The maximum Gasteiger partial charge on any atom is 0.191 e. The van der Waals surface area contributed by atoms with E-state index in [0.717, 1.165) is 36.1 Å². The smallest absolute Gasteiger partial charge is 0.191 e. The quantitative estimate of drug-likeness (QED) is 0.469. The first-order valence-electron chi connectivity index (χ1n) is 8.85. The molecule has 0 bridgehead atoms. The first-order valence-corrected chi connectivity index (χ1v) is 9.67. The second kappa shape index (κ2) is 9.77. The number of nitrogens with one attached hydrogen (secondary N) is 2. The van der Waals surface area contributed by atoms with Crippen LogP contribution in [0.4, 0.5) is 0 Å². The molecule has 3 rings (SSSR count). The average molecular weight is 369 g/mol. The first kappa shape index (κ1) is 18.2. The lowest BCUT2D eigenvalue weighted by Crippen LogP contribution is -2.38. The largest absolute Gasteiger partial charge is 0.469 e. The summed E-state index contributed by atoms with van der Waals surface area (Å²) in [5.41, 5.74) is 1.18. The summed E-state index contributed by atoms with van der Waals surface area (Å²) in [5.74, 6) is 1.75. The number of nitrogens with zero attached hydrogens (tertiary/aromatic N) is 2. The fraction of sp³-hybridized carbons (Fsp3) is 0.300. The molecule has 0 aliphatic carbocycles. The van der Waals surface area contributed by atoms with Gasteiger partial charge in [0, 0.05) is 24.0 Å². The maximum absolute atomic E-state index is 5.38. The molecule has 26 heavy (non-hydrogen) atoms. The van der Waals surface area contributed by atoms with E-state index in [-0.39, 0.29) is 0 Å². The van der Waals surface area contributed by atoms with Crippen molar-refractivity contribution in [3.8, 4) is 0 Å². The third kappa shape index (κ3) is 5.74. The van der Waals surface area contributed by atoms with Crippen molar-refractivity contribution in [1.82, 2.24) is 15.6 Å². The van der Waals surface area contributed by atoms with Crippen LogP contribution >= 0.6 is 11.3 Å². The Hall–Kier alpha value is -2.60. The molecule has 0 spiro atoms. The molecule has 0 fully saturated rings. The predicted octanol–water partition coefficient (Wildman–Crippen LogP) is 3.78. The van der Waals surface area contributed by atoms with E-state index in [1.165, 1.54) is 10.4 Å². The van der Waals surface area contributed by atoms with Gasteiger partial charge in [-0.2, -0.15) is 0 Å². The van der Waals surface area contributed by atoms with Crippen molar-refractivity contribution < 1.29 is 4.42 Å². The summed E-state index contributed by atoms with van der Waals surface area (Å²) in [6.45, 7) is 4.21. The summed E-state index contributed by atoms with van der Waals surface area (Å²) in [4.78, 5) is 10.5. The van der Waals surface area contributed by atoms with E-state index in [4.69, 9.17) is 9.41 Å². The SMILES string of the molecule is CCc1cnc(CNC(=NCc2ccccc2)NCCc2ccco2)s1. The molecule has 0 atom stereocenters. The third-order valence-corrected chi connectivity index (χ3v) is 5.01. The molecule has 2 N–H and O–H groups in total. The number of aryl methyl sites for hydroxylation is 1. The molecule has 0 unspecified atom stereocenters. The number of rotatable bonds is 8. The van der Waals surface area contributed by atoms with Gasteiger partial charge in [-0.15, -0.1) is 11.3 Å². The Labute approximate surface area is 158 Å². The Balaban J connectivity index is 1.57. The molecule has 3 aromatic rings. The lowest BCUT2D eigenvalue weighted by Gasteiger charge is -2.11. The number of aromatic nitrogens is 1. The molecule has 0 radical (unpaired) electrons. The number of hydrogen-bond acceptors (Lipinski definition) is 4. The minimum atomic E-state index is 0.634. The molecule has 0 saturated carbocycles. The minimum absolute atomic E-state index is 0.634. The molecule has 136 valence electrons. The van der Waals surface area contributed by atoms with Gasteiger partial charge in [-0.3, -0.25) is 0 Å². The zero-order valence-electron chi connectivity index (χ0n) is 14.9. The van der Waals surface area contributed by atoms with E-state index >= 15 is 0 Å². The Morgan fingerprint density at radius 3 is 2.77 bits per heavy atom. The Kier molecular flexibility index (Phi) is 6.84. The number of benzene rings is 1. The summed E-state index contributed by atoms with van der Waals surface area (Å²) in [6, 6.07) is 14.1. The maximum atomic E-state index is 5.38. The molecule has 2 aromatic heterocycles. The molecule has 0 saturated heterocycles. The molecule has 6 heteroatoms. The van der Waals surface area contributed by atoms with E-state index in [0.29, 0.717) is 13.1 Å². The van der Waals surface area contributed by atoms with E-state index in [9.17, 15) is 0 Å². The van der Waals surface area contributed by atoms with Crippen molar-refractivity contribution >= 4 is 17.3 Å². The van der Waals surface area contributed by atoms with Crippen molar-refractivity contribution in [3.05, 3.63) is 76.1 Å². The zero-order chi connectivity index (χ0) is 18.0. The van der Waals surface area contributed by atoms with E-state index < -0.39 is 0 Å². The van der Waals surface area contributed by atoms with Crippen LogP contribution in [0.5, 0.6) is 0 Å². The van der Waals surface area contributed by atoms with E-state index in [2.05, 4.69) is 34.7 Å². The lowest BCUT2D eigenvalue weighted by atomic mass is 10.2. The van der Waals surface area contributed by atoms with Crippen molar-refractivity contribution in [1.29, 1.82) is 0 Å². The summed E-state index contributed by atoms with van der Waals surface area (Å²) >= 11 is 1.74. The highest BCUT2D eigenvalue weighted by Crippen LogP contribution is 2.12. The normalized spacial score (nSPS) is 11.5. The van der Waals surface area contributed by atoms with Gasteiger partial charge in [0.1, 0.15) is 10.8 Å². The zero-order valence-corrected chi connectivity index (χ0v) is 15.8. The van der Waals surface area contributed by atoms with E-state index in [1.807, 2.05) is 36.5 Å². The Morgan fingerprint density at radius 2 is 2.04 bits per heavy atom. The topological polar surface area (TPSA) is 62.5 Å². The number of thiazole rings is 1. The van der Waals surface area contributed by atoms with Crippen LogP contribution in [0.3, 0.4) is 0 Å². The second-order valence-electron chi connectivity index (χ2n) is 5.83. The summed E-state index contributed by atoms with van der Waals surface area (Å²) in [7, 11) is 0. The number of guanidine groups is 1. The van der Waals surface area contributed by atoms with Gasteiger partial charge < -0.3 is 15.1 Å². The molecule has 5 nitrogen and oxygen atoms in total. The molecule has 2 heterocycles. The fourth-order valence-electron chi connectivity index (χ4n) is 2.44. The van der Waals surface area contributed by atoms with Crippen LogP contribution in [0.15, 0.2) is 64.3 Å². The third-order valence-electron chi connectivity index (χ3n) is 3.86. The predicted molar refractivity (Wildman–Crippen MR) is 106 cm³/mol. The number of hydrogen-bond donors (Lipinski definition) is 2. The first-order chi connectivity index (χ1) is 12.8. The molecule has 0 amide bonds. The fourth-order valence-corrected chi connectivity index (χ4v) is 3.24. The molecule has 0 aliphatic rings. The summed E-state index contributed by atoms with van der Waals surface area (Å²) < 4.78 is 5.38. The average Bonchev–Trinajstić information content (AvgIpc) is 3.36. The van der Waals surface area contributed by atoms with Crippen molar-refractivity contribution in [2.24, 2.45) is 4.99 Å². The molecular weight excluding hydrogens is 344 g/mol.